The van der Waals surface area contributed by atoms with Gasteiger partial charge in [0.1, 0.15) is 0 Å². The van der Waals surface area contributed by atoms with Crippen molar-refractivity contribution in [2.24, 2.45) is 0 Å². The van der Waals surface area contributed by atoms with Crippen molar-refractivity contribution < 1.29 is 9.90 Å². The molecule has 1 aromatic rings. The van der Waals surface area contributed by atoms with E-state index >= 15 is 0 Å². The smallest absolute Gasteiger partial charge is 0.337 e. The largest absolute Gasteiger partial charge is 0.478 e. The van der Waals surface area contributed by atoms with Gasteiger partial charge in [0.05, 0.1) is 11.3 Å². The summed E-state index contributed by atoms with van der Waals surface area (Å²) in [5.74, 6) is -0.553. The topological polar surface area (TPSA) is 50.2 Å². The van der Waals surface area contributed by atoms with Crippen LogP contribution in [0.4, 0.5) is 0 Å². The Kier molecular flexibility index (Phi) is 3.46. The van der Waals surface area contributed by atoms with Gasteiger partial charge in [-0.1, -0.05) is 6.08 Å². The van der Waals surface area contributed by atoms with Crippen molar-refractivity contribution in [1.82, 2.24) is 4.98 Å². The zero-order valence-electron chi connectivity index (χ0n) is 6.77. The van der Waals surface area contributed by atoms with Gasteiger partial charge in [-0.15, -0.1) is 11.6 Å². The SMILES string of the molecule is O=C(O)c1ccc(C=CCCl)nc1. The summed E-state index contributed by atoms with van der Waals surface area (Å²) in [5, 5.41) is 8.57. The van der Waals surface area contributed by atoms with Crippen molar-refractivity contribution in [3.05, 3.63) is 35.7 Å². The van der Waals surface area contributed by atoms with Gasteiger partial charge in [-0.3, -0.25) is 4.98 Å². The average molecular weight is 198 g/mol. The molecule has 0 amide bonds. The standard InChI is InChI=1S/C9H8ClNO2/c10-5-1-2-8-4-3-7(6-11-8)9(12)13/h1-4,6H,5H2,(H,12,13). The van der Waals surface area contributed by atoms with E-state index in [1.54, 1.807) is 18.2 Å². The van der Waals surface area contributed by atoms with Crippen molar-refractivity contribution in [3.63, 3.8) is 0 Å². The highest BCUT2D eigenvalue weighted by Crippen LogP contribution is 2.02. The molecule has 4 heteroatoms. The van der Waals surface area contributed by atoms with Crippen LogP contribution in [0, 0.1) is 0 Å². The van der Waals surface area contributed by atoms with Crippen LogP contribution in [-0.2, 0) is 0 Å². The molecule has 0 fully saturated rings. The second-order valence-electron chi connectivity index (χ2n) is 2.33. The van der Waals surface area contributed by atoms with Crippen molar-refractivity contribution >= 4 is 23.6 Å². The molecule has 0 radical (unpaired) electrons. The van der Waals surface area contributed by atoms with Gasteiger partial charge in [0.25, 0.3) is 0 Å². The Morgan fingerprint density at radius 2 is 2.38 bits per heavy atom. The molecule has 0 saturated carbocycles. The molecule has 68 valence electrons. The van der Waals surface area contributed by atoms with Crippen molar-refractivity contribution in [2.75, 3.05) is 5.88 Å². The minimum Gasteiger partial charge on any atom is -0.478 e. The summed E-state index contributed by atoms with van der Waals surface area (Å²) in [4.78, 5) is 14.4. The average Bonchev–Trinajstić information content (AvgIpc) is 2.15. The van der Waals surface area contributed by atoms with Crippen LogP contribution >= 0.6 is 11.6 Å². The first-order chi connectivity index (χ1) is 6.24. The Hall–Kier alpha value is -1.35. The molecule has 0 aromatic carbocycles. The normalized spacial score (nSPS) is 10.5. The first kappa shape index (κ1) is 9.74. The molecule has 0 bridgehead atoms. The van der Waals surface area contributed by atoms with E-state index in [9.17, 15) is 4.79 Å². The number of aromatic carboxylic acids is 1. The van der Waals surface area contributed by atoms with Gasteiger partial charge < -0.3 is 5.11 Å². The Bertz CT molecular complexity index is 319. The van der Waals surface area contributed by atoms with Crippen molar-refractivity contribution in [3.8, 4) is 0 Å². The molecule has 0 aliphatic heterocycles. The Morgan fingerprint density at radius 1 is 1.62 bits per heavy atom. The minimum absolute atomic E-state index is 0.183. The summed E-state index contributed by atoms with van der Waals surface area (Å²) in [6.45, 7) is 0. The number of carboxylic acid groups (broad SMARTS) is 1. The highest BCUT2D eigenvalue weighted by atomic mass is 35.5. The summed E-state index contributed by atoms with van der Waals surface area (Å²) in [7, 11) is 0. The third-order valence-electron chi connectivity index (χ3n) is 1.41. The van der Waals surface area contributed by atoms with Gasteiger partial charge >= 0.3 is 5.97 Å². The lowest BCUT2D eigenvalue weighted by atomic mass is 10.2. The predicted molar refractivity (Wildman–Crippen MR) is 51.0 cm³/mol. The molecule has 0 unspecified atom stereocenters. The Morgan fingerprint density at radius 3 is 2.85 bits per heavy atom. The summed E-state index contributed by atoms with van der Waals surface area (Å²) < 4.78 is 0. The van der Waals surface area contributed by atoms with E-state index < -0.39 is 5.97 Å². The maximum Gasteiger partial charge on any atom is 0.337 e. The minimum atomic E-state index is -0.972. The number of carbonyl (C=O) groups is 1. The third kappa shape index (κ3) is 2.87. The monoisotopic (exact) mass is 197 g/mol. The lowest BCUT2D eigenvalue weighted by Gasteiger charge is -1.94. The van der Waals surface area contributed by atoms with Gasteiger partial charge in [0.2, 0.25) is 0 Å². The van der Waals surface area contributed by atoms with Crippen LogP contribution in [0.15, 0.2) is 24.4 Å². The maximum atomic E-state index is 10.4. The van der Waals surface area contributed by atoms with Gasteiger partial charge in [0, 0.05) is 12.1 Å². The first-order valence-electron chi connectivity index (χ1n) is 3.66. The second kappa shape index (κ2) is 4.62. The molecular formula is C9H8ClNO2. The molecule has 0 atom stereocenters. The van der Waals surface area contributed by atoms with Crippen molar-refractivity contribution in [2.45, 2.75) is 0 Å². The number of halogens is 1. The third-order valence-corrected chi connectivity index (χ3v) is 1.59. The fraction of sp³-hybridized carbons (Fsp3) is 0.111. The van der Waals surface area contributed by atoms with Gasteiger partial charge in [-0.25, -0.2) is 4.79 Å². The van der Waals surface area contributed by atoms with Crippen molar-refractivity contribution in [1.29, 1.82) is 0 Å². The van der Waals surface area contributed by atoms with Crippen LogP contribution < -0.4 is 0 Å². The molecule has 1 heterocycles. The zero-order chi connectivity index (χ0) is 9.68. The van der Waals surface area contributed by atoms with Crippen LogP contribution in [0.5, 0.6) is 0 Å². The summed E-state index contributed by atoms with van der Waals surface area (Å²) in [6.07, 6.45) is 4.79. The Labute approximate surface area is 80.7 Å². The highest BCUT2D eigenvalue weighted by Gasteiger charge is 2.00. The Balaban J connectivity index is 2.81. The van der Waals surface area contributed by atoms with Crippen LogP contribution in [0.3, 0.4) is 0 Å². The number of nitrogens with zero attached hydrogens (tertiary/aromatic N) is 1. The second-order valence-corrected chi connectivity index (χ2v) is 2.64. The fourth-order valence-electron chi connectivity index (χ4n) is 0.796. The number of allylic oxidation sites excluding steroid dienone is 1. The molecule has 0 aliphatic rings. The number of aromatic nitrogens is 1. The molecule has 1 rings (SSSR count). The lowest BCUT2D eigenvalue weighted by Crippen LogP contribution is -1.96. The summed E-state index contributed by atoms with van der Waals surface area (Å²) in [5.41, 5.74) is 0.883. The summed E-state index contributed by atoms with van der Waals surface area (Å²) in [6, 6.07) is 3.13. The van der Waals surface area contributed by atoms with E-state index in [1.807, 2.05) is 0 Å². The lowest BCUT2D eigenvalue weighted by molar-refractivity contribution is 0.0696. The van der Waals surface area contributed by atoms with E-state index in [-0.39, 0.29) is 5.56 Å². The van der Waals surface area contributed by atoms with Crippen LogP contribution in [0.25, 0.3) is 6.08 Å². The molecular weight excluding hydrogens is 190 g/mol. The van der Waals surface area contributed by atoms with Gasteiger partial charge in [0.15, 0.2) is 0 Å². The molecule has 0 spiro atoms. The molecule has 13 heavy (non-hydrogen) atoms. The molecule has 1 aromatic heterocycles. The fourth-order valence-corrected chi connectivity index (χ4v) is 0.885. The number of hydrogen-bond donors (Lipinski definition) is 1. The van der Waals surface area contributed by atoms with Gasteiger partial charge in [-0.2, -0.15) is 0 Å². The summed E-state index contributed by atoms with van der Waals surface area (Å²) >= 11 is 5.42. The van der Waals surface area contributed by atoms with Gasteiger partial charge in [-0.05, 0) is 18.2 Å². The van der Waals surface area contributed by atoms with Crippen LogP contribution in [0.1, 0.15) is 16.1 Å². The van der Waals surface area contributed by atoms with E-state index in [0.717, 1.165) is 0 Å². The zero-order valence-corrected chi connectivity index (χ0v) is 7.53. The quantitative estimate of drug-likeness (QED) is 0.755. The van der Waals surface area contributed by atoms with E-state index in [4.69, 9.17) is 16.7 Å². The molecule has 0 saturated heterocycles. The maximum absolute atomic E-state index is 10.4. The number of pyridine rings is 1. The molecule has 0 aliphatic carbocycles. The number of alkyl halides is 1. The number of carboxylic acids is 1. The highest BCUT2D eigenvalue weighted by molar-refractivity contribution is 6.19. The van der Waals surface area contributed by atoms with Crippen LogP contribution in [0.2, 0.25) is 0 Å². The number of rotatable bonds is 3. The van der Waals surface area contributed by atoms with E-state index in [0.29, 0.717) is 11.6 Å². The van der Waals surface area contributed by atoms with E-state index in [2.05, 4.69) is 4.98 Å². The van der Waals surface area contributed by atoms with Crippen LogP contribution in [-0.4, -0.2) is 21.9 Å². The predicted octanol–water partition coefficient (Wildman–Crippen LogP) is 2.03. The first-order valence-corrected chi connectivity index (χ1v) is 4.19. The molecule has 1 N–H and O–H groups in total. The van der Waals surface area contributed by atoms with E-state index in [1.165, 1.54) is 12.3 Å². The molecule has 3 nitrogen and oxygen atoms in total. The number of hydrogen-bond acceptors (Lipinski definition) is 2.